The maximum Gasteiger partial charge on any atom is 0.414 e. The van der Waals surface area contributed by atoms with Gasteiger partial charge < -0.3 is 19.9 Å². The summed E-state index contributed by atoms with van der Waals surface area (Å²) in [5.41, 5.74) is 10.4. The molecular formula is C28H38N3O4+. The van der Waals surface area contributed by atoms with Crippen LogP contribution in [0.3, 0.4) is 0 Å². The molecule has 1 heterocycles. The van der Waals surface area contributed by atoms with Gasteiger partial charge in [-0.1, -0.05) is 56.3 Å². The fraction of sp³-hybridized carbons (Fsp3) is 0.500. The van der Waals surface area contributed by atoms with Gasteiger partial charge in [-0.25, -0.2) is 10.2 Å². The lowest BCUT2D eigenvalue weighted by molar-refractivity contribution is -0.140. The van der Waals surface area contributed by atoms with Crippen molar-refractivity contribution in [3.05, 3.63) is 65.0 Å². The van der Waals surface area contributed by atoms with Gasteiger partial charge in [0.05, 0.1) is 19.0 Å². The maximum atomic E-state index is 11.3. The summed E-state index contributed by atoms with van der Waals surface area (Å²) in [6.07, 6.45) is 9.24. The van der Waals surface area contributed by atoms with Crippen LogP contribution in [0.2, 0.25) is 0 Å². The van der Waals surface area contributed by atoms with Crippen LogP contribution in [0.15, 0.2) is 53.8 Å². The zero-order valence-electron chi connectivity index (χ0n) is 21.0. The van der Waals surface area contributed by atoms with Gasteiger partial charge in [0.25, 0.3) is 0 Å². The summed E-state index contributed by atoms with van der Waals surface area (Å²) in [4.78, 5) is 11.3. The highest BCUT2D eigenvalue weighted by Crippen LogP contribution is 2.35. The minimum atomic E-state index is -0.924. The maximum absolute atomic E-state index is 11.3. The molecule has 1 saturated carbocycles. The molecule has 188 valence electrons. The van der Waals surface area contributed by atoms with Crippen molar-refractivity contribution in [1.29, 1.82) is 0 Å². The Morgan fingerprint density at radius 2 is 1.97 bits per heavy atom. The molecule has 35 heavy (non-hydrogen) atoms. The molecule has 0 spiro atoms. The molecule has 2 aliphatic carbocycles. The van der Waals surface area contributed by atoms with Crippen LogP contribution in [0.4, 0.5) is 4.79 Å². The lowest BCUT2D eigenvalue weighted by atomic mass is 9.81. The summed E-state index contributed by atoms with van der Waals surface area (Å²) >= 11 is 0. The van der Waals surface area contributed by atoms with Gasteiger partial charge in [0.2, 0.25) is 0 Å². The van der Waals surface area contributed by atoms with Gasteiger partial charge in [-0.15, -0.1) is 0 Å². The van der Waals surface area contributed by atoms with E-state index >= 15 is 0 Å². The first-order valence-electron chi connectivity index (χ1n) is 12.6. The number of nitrogens with two attached hydrogens (primary N) is 2. The first kappa shape index (κ1) is 25.2. The number of benzene rings is 1. The largest absolute Gasteiger partial charge is 0.498 e. The topological polar surface area (TPSA) is 112 Å². The van der Waals surface area contributed by atoms with Crippen molar-refractivity contribution >= 4 is 17.6 Å². The molecule has 3 aliphatic rings. The highest BCUT2D eigenvalue weighted by molar-refractivity contribution is 5.87. The Bertz CT molecular complexity index is 1020. The van der Waals surface area contributed by atoms with Crippen LogP contribution in [0.25, 0.3) is 5.57 Å². The summed E-state index contributed by atoms with van der Waals surface area (Å²) in [5, 5.41) is 9.66. The second-order valence-corrected chi connectivity index (χ2v) is 9.76. The van der Waals surface area contributed by atoms with E-state index in [0.717, 1.165) is 31.4 Å². The number of hydrogen-bond acceptors (Lipinski definition) is 5. The Morgan fingerprint density at radius 1 is 1.26 bits per heavy atom. The molecule has 1 aliphatic heterocycles. The molecule has 5 N–H and O–H groups in total. The summed E-state index contributed by atoms with van der Waals surface area (Å²) < 4.78 is 16.5. The van der Waals surface area contributed by atoms with Crippen molar-refractivity contribution in [3.63, 3.8) is 0 Å². The summed E-state index contributed by atoms with van der Waals surface area (Å²) in [5.74, 6) is 2.11. The third-order valence-electron chi connectivity index (χ3n) is 7.05. The molecule has 7 nitrogen and oxygen atoms in total. The van der Waals surface area contributed by atoms with Crippen molar-refractivity contribution in [3.8, 4) is 0 Å². The highest BCUT2D eigenvalue weighted by Gasteiger charge is 2.42. The Labute approximate surface area is 207 Å². The normalized spacial score (nSPS) is 24.3. The van der Waals surface area contributed by atoms with Gasteiger partial charge >= 0.3 is 12.0 Å². The second-order valence-electron chi connectivity index (χ2n) is 9.76. The lowest BCUT2D eigenvalue weighted by Gasteiger charge is -2.25. The van der Waals surface area contributed by atoms with Gasteiger partial charge in [-0.2, -0.15) is 0 Å². The number of primary amides is 1. The lowest BCUT2D eigenvalue weighted by Crippen LogP contribution is -2.59. The molecule has 1 aromatic carbocycles. The number of amides is 1. The molecule has 5 atom stereocenters. The summed E-state index contributed by atoms with van der Waals surface area (Å²) in [6.45, 7) is 7.74. The standard InChI is InChI=1S/C28H37N3O4/c1-4-33-24(21-12-13-21)15-22(31-26(25-16-34-25)27(29)35-28(30)32)14-19-8-10-20(11-9-19)23-7-5-6-17(2)18(23)3/h5-11,17-18,22,25-26,29,31H,4,12-16H2,1-3H3,(H2,30,32)/p+1. The Kier molecular flexibility index (Phi) is 8.08. The number of ether oxygens (including phenoxy) is 3. The van der Waals surface area contributed by atoms with Crippen LogP contribution in [0.1, 0.15) is 51.2 Å². The molecular weight excluding hydrogens is 442 g/mol. The smallest absolute Gasteiger partial charge is 0.414 e. The van der Waals surface area contributed by atoms with Gasteiger partial charge in [0.1, 0.15) is 6.10 Å². The summed E-state index contributed by atoms with van der Waals surface area (Å²) in [6, 6.07) is 8.39. The van der Waals surface area contributed by atoms with Crippen molar-refractivity contribution in [2.45, 2.75) is 64.6 Å². The predicted octanol–water partition coefficient (Wildman–Crippen LogP) is 2.91. The number of allylic oxidation sites excluding steroid dienone is 5. The van der Waals surface area contributed by atoms with Crippen molar-refractivity contribution in [2.24, 2.45) is 17.6 Å². The number of carbonyl (C=O) groups excluding carboxylic acids is 1. The zero-order chi connectivity index (χ0) is 24.9. The van der Waals surface area contributed by atoms with Gasteiger partial charge in [0.15, 0.2) is 6.04 Å². The number of epoxide rings is 1. The van der Waals surface area contributed by atoms with E-state index in [9.17, 15) is 4.79 Å². The molecule has 1 aromatic rings. The van der Waals surface area contributed by atoms with Crippen molar-refractivity contribution < 1.29 is 24.4 Å². The van der Waals surface area contributed by atoms with E-state index < -0.39 is 12.1 Å². The molecule has 7 heteroatoms. The fourth-order valence-electron chi connectivity index (χ4n) is 4.70. The third kappa shape index (κ3) is 6.83. The molecule has 0 aromatic heterocycles. The predicted molar refractivity (Wildman–Crippen MR) is 136 cm³/mol. The van der Waals surface area contributed by atoms with Crippen LogP contribution in [-0.4, -0.2) is 43.4 Å². The number of hydrogen-bond donors (Lipinski definition) is 3. The molecule has 5 unspecified atom stereocenters. The van der Waals surface area contributed by atoms with E-state index in [2.05, 4.69) is 61.7 Å². The molecule has 4 rings (SSSR count). The van der Waals surface area contributed by atoms with Crippen LogP contribution in [0, 0.1) is 11.8 Å². The Hall–Kier alpha value is -2.90. The van der Waals surface area contributed by atoms with E-state index in [4.69, 9.17) is 25.4 Å². The Morgan fingerprint density at radius 3 is 2.57 bits per heavy atom. The first-order chi connectivity index (χ1) is 16.9. The van der Waals surface area contributed by atoms with E-state index in [1.807, 2.05) is 6.92 Å². The van der Waals surface area contributed by atoms with Gasteiger partial charge in [-0.3, -0.25) is 5.32 Å². The Balaban J connectivity index is 1.51. The van der Waals surface area contributed by atoms with E-state index in [0.29, 0.717) is 25.0 Å². The second kappa shape index (κ2) is 11.2. The minimum absolute atomic E-state index is 0.00972. The number of rotatable bonds is 11. The van der Waals surface area contributed by atoms with Crippen LogP contribution >= 0.6 is 0 Å². The van der Waals surface area contributed by atoms with E-state index in [1.54, 1.807) is 0 Å². The molecule has 1 amide bonds. The SMILES string of the molecule is CCOC(CC(Cc1ccc(C2=CC=CC(C)C2C)cc1)NC(C(=[NH2+])OC(N)=O)C1CO1)=C1CC1. The number of nitrogens with one attached hydrogen (secondary N) is 1. The van der Waals surface area contributed by atoms with Crippen LogP contribution < -0.4 is 16.5 Å². The van der Waals surface area contributed by atoms with Crippen LogP contribution in [-0.2, 0) is 20.6 Å². The van der Waals surface area contributed by atoms with Crippen LogP contribution in [0.5, 0.6) is 0 Å². The zero-order valence-corrected chi connectivity index (χ0v) is 21.0. The van der Waals surface area contributed by atoms with Gasteiger partial charge in [-0.05, 0) is 60.3 Å². The average molecular weight is 481 g/mol. The minimum Gasteiger partial charge on any atom is -0.498 e. The quantitative estimate of drug-likeness (QED) is 0.195. The molecule has 0 bridgehead atoms. The molecule has 0 radical (unpaired) electrons. The van der Waals surface area contributed by atoms with E-state index in [-0.39, 0.29) is 18.0 Å². The van der Waals surface area contributed by atoms with E-state index in [1.165, 1.54) is 22.3 Å². The first-order valence-corrected chi connectivity index (χ1v) is 12.6. The van der Waals surface area contributed by atoms with Crippen molar-refractivity contribution in [1.82, 2.24) is 5.32 Å². The van der Waals surface area contributed by atoms with Gasteiger partial charge in [0, 0.05) is 12.5 Å². The molecule has 2 fully saturated rings. The fourth-order valence-corrected chi connectivity index (χ4v) is 4.70. The van der Waals surface area contributed by atoms with Crippen molar-refractivity contribution in [2.75, 3.05) is 13.2 Å². The molecule has 1 saturated heterocycles. The number of carbonyl (C=O) groups is 1. The average Bonchev–Trinajstić information content (AvgIpc) is 3.73. The highest BCUT2D eigenvalue weighted by atomic mass is 16.6. The summed E-state index contributed by atoms with van der Waals surface area (Å²) in [7, 11) is 0. The monoisotopic (exact) mass is 480 g/mol. The third-order valence-corrected chi connectivity index (χ3v) is 7.05.